The average Bonchev–Trinajstić information content (AvgIpc) is 3.62. The lowest BCUT2D eigenvalue weighted by Gasteiger charge is -2.18. The van der Waals surface area contributed by atoms with Crippen LogP contribution in [0.15, 0.2) is 54.6 Å². The number of aryl methyl sites for hydroxylation is 1. The second kappa shape index (κ2) is 12.4. The fourth-order valence-corrected chi connectivity index (χ4v) is 4.25. The molecule has 2 amide bonds. The molecule has 0 spiro atoms. The van der Waals surface area contributed by atoms with Crippen LogP contribution < -0.4 is 10.6 Å². The van der Waals surface area contributed by atoms with Crippen molar-refractivity contribution in [2.75, 3.05) is 18.9 Å². The zero-order valence-electron chi connectivity index (χ0n) is 18.9. The van der Waals surface area contributed by atoms with Gasteiger partial charge in [0.1, 0.15) is 6.04 Å². The minimum absolute atomic E-state index is 0.217. The van der Waals surface area contributed by atoms with Crippen molar-refractivity contribution in [2.24, 2.45) is 0 Å². The summed E-state index contributed by atoms with van der Waals surface area (Å²) < 4.78 is 10.1. The number of epoxide rings is 1. The number of hydrogen-bond acceptors (Lipinski definition) is 6. The Kier molecular flexibility index (Phi) is 9.33. The minimum atomic E-state index is -0.911. The quantitative estimate of drug-likeness (QED) is 0.365. The first-order valence-electron chi connectivity index (χ1n) is 11.1. The zero-order chi connectivity index (χ0) is 23.6. The first-order chi connectivity index (χ1) is 16.0. The van der Waals surface area contributed by atoms with Crippen LogP contribution in [0, 0.1) is 6.92 Å². The van der Waals surface area contributed by atoms with E-state index < -0.39 is 30.1 Å². The number of esters is 1. The van der Waals surface area contributed by atoms with Gasteiger partial charge in [0.15, 0.2) is 12.2 Å². The standard InChI is InChI=1S/C25H30N2O5S/c1-3-31-25(30)22-21(32-22)24(29)27-20(16-33-15-19-7-5-4-6-8-19)23(28)26-14-13-18-11-9-17(2)10-12-18/h4-12,20-22H,3,13-16H2,1-2H3,(H,26,28)(H,27,29)/t20-,21-,22-/m0/s1. The van der Waals surface area contributed by atoms with Gasteiger partial charge in [0, 0.05) is 18.1 Å². The molecular weight excluding hydrogens is 440 g/mol. The average molecular weight is 471 g/mol. The number of nitrogens with one attached hydrogen (secondary N) is 2. The van der Waals surface area contributed by atoms with E-state index in [1.54, 1.807) is 18.7 Å². The monoisotopic (exact) mass is 470 g/mol. The molecule has 2 aromatic carbocycles. The van der Waals surface area contributed by atoms with Gasteiger partial charge in [-0.1, -0.05) is 60.2 Å². The number of rotatable bonds is 12. The maximum Gasteiger partial charge on any atom is 0.338 e. The second-order valence-electron chi connectivity index (χ2n) is 7.82. The molecule has 3 rings (SSSR count). The highest BCUT2D eigenvalue weighted by Gasteiger charge is 2.52. The SMILES string of the molecule is CCOC(=O)[C@H]1O[C@@H]1C(=O)N[C@@H](CSCc1ccccc1)C(=O)NCCc1ccc(C)cc1. The highest BCUT2D eigenvalue weighted by Crippen LogP contribution is 2.24. The largest absolute Gasteiger partial charge is 0.464 e. The molecule has 0 aromatic heterocycles. The van der Waals surface area contributed by atoms with Crippen LogP contribution in [0.1, 0.15) is 23.6 Å². The van der Waals surface area contributed by atoms with E-state index in [-0.39, 0.29) is 12.5 Å². The van der Waals surface area contributed by atoms with Crippen LogP contribution >= 0.6 is 11.8 Å². The van der Waals surface area contributed by atoms with Crippen molar-refractivity contribution >= 4 is 29.5 Å². The van der Waals surface area contributed by atoms with Crippen molar-refractivity contribution in [3.8, 4) is 0 Å². The van der Waals surface area contributed by atoms with E-state index in [4.69, 9.17) is 9.47 Å². The summed E-state index contributed by atoms with van der Waals surface area (Å²) in [4.78, 5) is 37.2. The minimum Gasteiger partial charge on any atom is -0.464 e. The summed E-state index contributed by atoms with van der Waals surface area (Å²) in [5.74, 6) is -0.185. The molecule has 0 saturated carbocycles. The van der Waals surface area contributed by atoms with Crippen molar-refractivity contribution in [2.45, 2.75) is 44.3 Å². The normalized spacial score (nSPS) is 17.6. The lowest BCUT2D eigenvalue weighted by Crippen LogP contribution is -2.50. The third-order valence-corrected chi connectivity index (χ3v) is 6.24. The van der Waals surface area contributed by atoms with Crippen molar-refractivity contribution in [1.82, 2.24) is 10.6 Å². The summed E-state index contributed by atoms with van der Waals surface area (Å²) in [6.45, 7) is 4.40. The fourth-order valence-electron chi connectivity index (χ4n) is 3.23. The first kappa shape index (κ1) is 24.8. The van der Waals surface area contributed by atoms with Crippen molar-refractivity contribution < 1.29 is 23.9 Å². The number of hydrogen-bond donors (Lipinski definition) is 2. The van der Waals surface area contributed by atoms with Gasteiger partial charge >= 0.3 is 5.97 Å². The molecule has 2 N–H and O–H groups in total. The van der Waals surface area contributed by atoms with Crippen LogP contribution in [0.25, 0.3) is 0 Å². The van der Waals surface area contributed by atoms with Crippen molar-refractivity contribution in [3.05, 3.63) is 71.3 Å². The molecule has 1 heterocycles. The summed E-state index contributed by atoms with van der Waals surface area (Å²) >= 11 is 1.56. The number of carbonyl (C=O) groups excluding carboxylic acids is 3. The molecule has 1 fully saturated rings. The Morgan fingerprint density at radius 1 is 1.03 bits per heavy atom. The van der Waals surface area contributed by atoms with E-state index in [9.17, 15) is 14.4 Å². The number of benzene rings is 2. The van der Waals surface area contributed by atoms with E-state index in [2.05, 4.69) is 10.6 Å². The predicted molar refractivity (Wildman–Crippen MR) is 128 cm³/mol. The number of amides is 2. The van der Waals surface area contributed by atoms with E-state index in [0.717, 1.165) is 16.9 Å². The predicted octanol–water partition coefficient (Wildman–Crippen LogP) is 2.40. The Labute approximate surface area is 198 Å². The molecule has 0 unspecified atom stereocenters. The van der Waals surface area contributed by atoms with Crippen LogP contribution in [0.4, 0.5) is 0 Å². The molecular formula is C25H30N2O5S. The molecule has 8 heteroatoms. The van der Waals surface area contributed by atoms with Gasteiger partial charge in [-0.25, -0.2) is 4.79 Å². The molecule has 2 aromatic rings. The van der Waals surface area contributed by atoms with Gasteiger partial charge < -0.3 is 20.1 Å². The molecule has 1 aliphatic heterocycles. The van der Waals surface area contributed by atoms with Crippen molar-refractivity contribution in [1.29, 1.82) is 0 Å². The Hall–Kier alpha value is -2.84. The molecule has 0 bridgehead atoms. The van der Waals surface area contributed by atoms with E-state index in [1.165, 1.54) is 5.56 Å². The van der Waals surface area contributed by atoms with Crippen LogP contribution in [0.3, 0.4) is 0 Å². The number of thioether (sulfide) groups is 1. The Morgan fingerprint density at radius 2 is 1.76 bits per heavy atom. The summed E-state index contributed by atoms with van der Waals surface area (Å²) in [6.07, 6.45) is -1.11. The molecule has 33 heavy (non-hydrogen) atoms. The van der Waals surface area contributed by atoms with Crippen LogP contribution in [0.2, 0.25) is 0 Å². The third-order valence-electron chi connectivity index (χ3n) is 5.13. The third kappa shape index (κ3) is 7.91. The fraction of sp³-hybridized carbons (Fsp3) is 0.400. The molecule has 7 nitrogen and oxygen atoms in total. The van der Waals surface area contributed by atoms with Gasteiger partial charge in [0.25, 0.3) is 5.91 Å². The lowest BCUT2D eigenvalue weighted by atomic mass is 10.1. The van der Waals surface area contributed by atoms with E-state index in [1.807, 2.05) is 61.5 Å². The summed E-state index contributed by atoms with van der Waals surface area (Å²) in [7, 11) is 0. The van der Waals surface area contributed by atoms with Crippen LogP contribution in [0.5, 0.6) is 0 Å². The highest BCUT2D eigenvalue weighted by atomic mass is 32.2. The maximum absolute atomic E-state index is 12.9. The first-order valence-corrected chi connectivity index (χ1v) is 12.2. The van der Waals surface area contributed by atoms with Gasteiger partial charge in [-0.05, 0) is 31.4 Å². The molecule has 1 aliphatic rings. The van der Waals surface area contributed by atoms with Crippen molar-refractivity contribution in [3.63, 3.8) is 0 Å². The molecule has 3 atom stereocenters. The maximum atomic E-state index is 12.9. The van der Waals surface area contributed by atoms with Gasteiger partial charge in [0.2, 0.25) is 5.91 Å². The molecule has 1 saturated heterocycles. The van der Waals surface area contributed by atoms with Gasteiger partial charge in [-0.15, -0.1) is 0 Å². The summed E-state index contributed by atoms with van der Waals surface area (Å²) in [5.41, 5.74) is 3.45. The van der Waals surface area contributed by atoms with Gasteiger partial charge in [-0.3, -0.25) is 9.59 Å². The van der Waals surface area contributed by atoms with Crippen LogP contribution in [-0.2, 0) is 36.0 Å². The Balaban J connectivity index is 1.53. The smallest absolute Gasteiger partial charge is 0.338 e. The second-order valence-corrected chi connectivity index (χ2v) is 8.85. The molecule has 0 aliphatic carbocycles. The van der Waals surface area contributed by atoms with Gasteiger partial charge in [0.05, 0.1) is 6.61 Å². The van der Waals surface area contributed by atoms with E-state index >= 15 is 0 Å². The topological polar surface area (TPSA) is 97.0 Å². The van der Waals surface area contributed by atoms with E-state index in [0.29, 0.717) is 18.7 Å². The summed E-state index contributed by atoms with van der Waals surface area (Å²) in [6, 6.07) is 17.3. The number of ether oxygens (including phenoxy) is 2. The highest BCUT2D eigenvalue weighted by molar-refractivity contribution is 7.98. The lowest BCUT2D eigenvalue weighted by molar-refractivity contribution is -0.144. The Morgan fingerprint density at radius 3 is 2.45 bits per heavy atom. The number of carbonyl (C=O) groups is 3. The van der Waals surface area contributed by atoms with Crippen LogP contribution in [-0.4, -0.2) is 54.9 Å². The summed E-state index contributed by atoms with van der Waals surface area (Å²) in [5, 5.41) is 5.66. The molecule has 176 valence electrons. The Bertz CT molecular complexity index is 936. The molecule has 0 radical (unpaired) electrons. The zero-order valence-corrected chi connectivity index (χ0v) is 19.7. The van der Waals surface area contributed by atoms with Gasteiger partial charge in [-0.2, -0.15) is 11.8 Å².